The van der Waals surface area contributed by atoms with Crippen molar-refractivity contribution in [2.24, 2.45) is 19.5 Å². The molecule has 7 heteroatoms. The first-order chi connectivity index (χ1) is 13.1. The number of imidazole rings is 1. The fourth-order valence-corrected chi connectivity index (χ4v) is 3.71. The zero-order valence-corrected chi connectivity index (χ0v) is 17.8. The van der Waals surface area contributed by atoms with Crippen LogP contribution in [0.4, 0.5) is 5.69 Å². The van der Waals surface area contributed by atoms with Crippen LogP contribution in [0.3, 0.4) is 0 Å². The number of carbonyl (C=O) groups is 1. The highest BCUT2D eigenvalue weighted by Gasteiger charge is 2.23. The van der Waals surface area contributed by atoms with Crippen molar-refractivity contribution in [1.29, 1.82) is 0 Å². The molecule has 1 heterocycles. The molecule has 1 aromatic heterocycles. The SMILES string of the molecule is COc1ccc(Sc2cc3c(cc2NC(=O)C(C)(C)C)n(C)c(=O)n3C)cc1. The maximum absolute atomic E-state index is 12.6. The van der Waals surface area contributed by atoms with E-state index in [1.165, 1.54) is 11.8 Å². The first kappa shape index (κ1) is 20.1. The first-order valence-electron chi connectivity index (χ1n) is 8.94. The number of hydrogen-bond donors (Lipinski definition) is 1. The highest BCUT2D eigenvalue weighted by atomic mass is 32.2. The molecule has 6 nitrogen and oxygen atoms in total. The summed E-state index contributed by atoms with van der Waals surface area (Å²) in [5.74, 6) is 0.705. The monoisotopic (exact) mass is 399 g/mol. The Hall–Kier alpha value is -2.67. The van der Waals surface area contributed by atoms with E-state index < -0.39 is 5.41 Å². The third-order valence-corrected chi connectivity index (χ3v) is 5.66. The van der Waals surface area contributed by atoms with Gasteiger partial charge in [-0.1, -0.05) is 32.5 Å². The van der Waals surface area contributed by atoms with Gasteiger partial charge in [0.1, 0.15) is 5.75 Å². The highest BCUT2D eigenvalue weighted by Crippen LogP contribution is 2.37. The van der Waals surface area contributed by atoms with Crippen molar-refractivity contribution in [2.75, 3.05) is 12.4 Å². The van der Waals surface area contributed by atoms with Crippen LogP contribution in [-0.4, -0.2) is 22.2 Å². The van der Waals surface area contributed by atoms with E-state index in [1.54, 1.807) is 30.3 Å². The number of aryl methyl sites for hydroxylation is 2. The van der Waals surface area contributed by atoms with E-state index in [0.29, 0.717) is 5.69 Å². The second kappa shape index (κ2) is 7.39. The van der Waals surface area contributed by atoms with E-state index in [4.69, 9.17) is 4.74 Å². The molecule has 3 aromatic rings. The molecule has 2 aromatic carbocycles. The Morgan fingerprint density at radius 1 is 1.04 bits per heavy atom. The topological polar surface area (TPSA) is 65.3 Å². The molecular weight excluding hydrogens is 374 g/mol. The van der Waals surface area contributed by atoms with Gasteiger partial charge < -0.3 is 10.1 Å². The number of benzene rings is 2. The van der Waals surface area contributed by atoms with Gasteiger partial charge in [0.05, 0.1) is 23.8 Å². The number of nitrogens with one attached hydrogen (secondary N) is 1. The predicted molar refractivity (Wildman–Crippen MR) is 113 cm³/mol. The standard InChI is InChI=1S/C21H25N3O3S/c1-21(2,3)19(25)22-15-11-16-17(24(5)20(26)23(16)4)12-18(15)28-14-9-7-13(27-6)8-10-14/h7-12H,1-6H3,(H,22,25). The van der Waals surface area contributed by atoms with Crippen molar-refractivity contribution in [3.63, 3.8) is 0 Å². The predicted octanol–water partition coefficient (Wildman–Crippen LogP) is 4.02. The Balaban J connectivity index is 2.11. The van der Waals surface area contributed by atoms with Crippen LogP contribution in [0.1, 0.15) is 20.8 Å². The molecule has 0 aliphatic rings. The summed E-state index contributed by atoms with van der Waals surface area (Å²) >= 11 is 1.53. The molecule has 3 rings (SSSR count). The van der Waals surface area contributed by atoms with Gasteiger partial charge in [0.25, 0.3) is 0 Å². The molecule has 148 valence electrons. The number of carbonyl (C=O) groups excluding carboxylic acids is 1. The fourth-order valence-electron chi connectivity index (χ4n) is 2.79. The molecule has 0 saturated carbocycles. The lowest BCUT2D eigenvalue weighted by molar-refractivity contribution is -0.123. The number of anilines is 1. The summed E-state index contributed by atoms with van der Waals surface area (Å²) in [7, 11) is 5.11. The summed E-state index contributed by atoms with van der Waals surface area (Å²) in [6.07, 6.45) is 0. The molecule has 0 saturated heterocycles. The third-order valence-electron chi connectivity index (χ3n) is 4.59. The number of nitrogens with zero attached hydrogens (tertiary/aromatic N) is 2. The van der Waals surface area contributed by atoms with Crippen molar-refractivity contribution >= 4 is 34.4 Å². The van der Waals surface area contributed by atoms with Crippen molar-refractivity contribution in [3.05, 3.63) is 46.9 Å². The molecule has 0 fully saturated rings. The zero-order chi connectivity index (χ0) is 20.6. The van der Waals surface area contributed by atoms with Gasteiger partial charge in [0.15, 0.2) is 0 Å². The van der Waals surface area contributed by atoms with Crippen LogP contribution < -0.4 is 15.7 Å². The third kappa shape index (κ3) is 3.80. The first-order valence-corrected chi connectivity index (χ1v) is 9.76. The van der Waals surface area contributed by atoms with Crippen molar-refractivity contribution < 1.29 is 9.53 Å². The number of hydrogen-bond acceptors (Lipinski definition) is 4. The number of aromatic nitrogens is 2. The molecule has 0 unspecified atom stereocenters. The van der Waals surface area contributed by atoms with E-state index in [1.807, 2.05) is 57.2 Å². The molecule has 0 bridgehead atoms. The molecule has 1 N–H and O–H groups in total. The van der Waals surface area contributed by atoms with E-state index in [2.05, 4.69) is 5.32 Å². The quantitative estimate of drug-likeness (QED) is 0.720. The Bertz CT molecular complexity index is 1090. The van der Waals surface area contributed by atoms with Gasteiger partial charge in [-0.25, -0.2) is 4.79 Å². The van der Waals surface area contributed by atoms with Crippen LogP contribution in [0.5, 0.6) is 5.75 Å². The number of methoxy groups -OCH3 is 1. The molecule has 0 atom stereocenters. The Kier molecular flexibility index (Phi) is 5.30. The molecule has 28 heavy (non-hydrogen) atoms. The largest absolute Gasteiger partial charge is 0.497 e. The fraction of sp³-hybridized carbons (Fsp3) is 0.333. The summed E-state index contributed by atoms with van der Waals surface area (Å²) in [5, 5.41) is 3.03. The van der Waals surface area contributed by atoms with E-state index in [0.717, 1.165) is 26.6 Å². The highest BCUT2D eigenvalue weighted by molar-refractivity contribution is 7.99. The van der Waals surface area contributed by atoms with Crippen LogP contribution in [0.15, 0.2) is 51.0 Å². The van der Waals surface area contributed by atoms with E-state index >= 15 is 0 Å². The Labute approximate surface area is 168 Å². The Morgan fingerprint density at radius 2 is 1.61 bits per heavy atom. The van der Waals surface area contributed by atoms with Gasteiger partial charge in [-0.05, 0) is 36.4 Å². The molecule has 0 aliphatic heterocycles. The number of ether oxygens (including phenoxy) is 1. The number of amides is 1. The second-order valence-corrected chi connectivity index (χ2v) is 8.83. The number of fused-ring (bicyclic) bond motifs is 1. The van der Waals surface area contributed by atoms with Crippen molar-refractivity contribution in [1.82, 2.24) is 9.13 Å². The van der Waals surface area contributed by atoms with Crippen LogP contribution in [-0.2, 0) is 18.9 Å². The molecule has 0 spiro atoms. The molecule has 0 radical (unpaired) electrons. The Morgan fingerprint density at radius 3 is 2.14 bits per heavy atom. The van der Waals surface area contributed by atoms with Gasteiger partial charge in [-0.3, -0.25) is 13.9 Å². The van der Waals surface area contributed by atoms with Gasteiger partial charge in [-0.2, -0.15) is 0 Å². The second-order valence-electron chi connectivity index (χ2n) is 7.72. The molecule has 0 aliphatic carbocycles. The minimum atomic E-state index is -0.528. The normalized spacial score (nSPS) is 11.6. The lowest BCUT2D eigenvalue weighted by atomic mass is 9.95. The van der Waals surface area contributed by atoms with Gasteiger partial charge >= 0.3 is 5.69 Å². The summed E-state index contributed by atoms with van der Waals surface area (Å²) < 4.78 is 8.42. The maximum Gasteiger partial charge on any atom is 0.328 e. The smallest absolute Gasteiger partial charge is 0.328 e. The number of rotatable bonds is 4. The van der Waals surface area contributed by atoms with Gasteiger partial charge in [-0.15, -0.1) is 0 Å². The summed E-state index contributed by atoms with van der Waals surface area (Å²) in [6.45, 7) is 5.61. The van der Waals surface area contributed by atoms with Gasteiger partial charge in [0.2, 0.25) is 5.91 Å². The zero-order valence-electron chi connectivity index (χ0n) is 17.0. The van der Waals surface area contributed by atoms with Crippen LogP contribution in [0.25, 0.3) is 11.0 Å². The molecular formula is C21H25N3O3S. The average Bonchev–Trinajstić information content (AvgIpc) is 2.86. The summed E-state index contributed by atoms with van der Waals surface area (Å²) in [4.78, 5) is 26.8. The average molecular weight is 400 g/mol. The van der Waals surface area contributed by atoms with Crippen LogP contribution in [0, 0.1) is 5.41 Å². The van der Waals surface area contributed by atoms with E-state index in [9.17, 15) is 9.59 Å². The minimum absolute atomic E-state index is 0.0793. The van der Waals surface area contributed by atoms with Crippen LogP contribution >= 0.6 is 11.8 Å². The lowest BCUT2D eigenvalue weighted by Gasteiger charge is -2.19. The van der Waals surface area contributed by atoms with Crippen LogP contribution in [0.2, 0.25) is 0 Å². The van der Waals surface area contributed by atoms with Crippen molar-refractivity contribution in [2.45, 2.75) is 30.6 Å². The summed E-state index contributed by atoms with van der Waals surface area (Å²) in [5.41, 5.74) is 1.65. The summed E-state index contributed by atoms with van der Waals surface area (Å²) in [6, 6.07) is 11.5. The van der Waals surface area contributed by atoms with Gasteiger partial charge in [0, 0.05) is 29.3 Å². The minimum Gasteiger partial charge on any atom is -0.497 e. The van der Waals surface area contributed by atoms with Crippen molar-refractivity contribution in [3.8, 4) is 5.75 Å². The lowest BCUT2D eigenvalue weighted by Crippen LogP contribution is -2.27. The maximum atomic E-state index is 12.6. The van der Waals surface area contributed by atoms with E-state index in [-0.39, 0.29) is 11.6 Å². The molecule has 1 amide bonds.